The van der Waals surface area contributed by atoms with Crippen molar-refractivity contribution in [2.75, 3.05) is 39.8 Å². The molecule has 1 N–H and O–H groups in total. The van der Waals surface area contributed by atoms with Gasteiger partial charge >= 0.3 is 0 Å². The lowest BCUT2D eigenvalue weighted by molar-refractivity contribution is 0.142. The first-order chi connectivity index (χ1) is 15.4. The lowest BCUT2D eigenvalue weighted by Crippen LogP contribution is -2.47. The highest BCUT2D eigenvalue weighted by Gasteiger charge is 2.22. The number of hydrogen-bond donors (Lipinski definition) is 1. The zero-order chi connectivity index (χ0) is 22.6. The molecule has 0 atom stereocenters. The molecule has 5 nitrogen and oxygen atoms in total. The average Bonchev–Trinajstić information content (AvgIpc) is 3.23. The Hall–Kier alpha value is -2.47. The summed E-state index contributed by atoms with van der Waals surface area (Å²) in [6, 6.07) is 19.0. The van der Waals surface area contributed by atoms with E-state index in [0.29, 0.717) is 0 Å². The Labute approximate surface area is 193 Å². The Balaban J connectivity index is 1.47. The van der Waals surface area contributed by atoms with Gasteiger partial charge in [0, 0.05) is 55.6 Å². The summed E-state index contributed by atoms with van der Waals surface area (Å²) in [6.07, 6.45) is 3.30. The summed E-state index contributed by atoms with van der Waals surface area (Å²) in [5, 5.41) is 8.79. The molecule has 0 saturated carbocycles. The first kappa shape index (κ1) is 22.7. The van der Waals surface area contributed by atoms with Gasteiger partial charge in [-0.05, 0) is 52.9 Å². The lowest BCUT2D eigenvalue weighted by Gasteiger charge is -2.35. The maximum atomic E-state index is 4.97. The maximum Gasteiger partial charge on any atom is 0.0972 e. The van der Waals surface area contributed by atoms with E-state index >= 15 is 0 Å². The molecular weight excluding hydrogens is 394 g/mol. The second-order valence-corrected chi connectivity index (χ2v) is 9.78. The average molecular weight is 432 g/mol. The molecule has 1 aromatic heterocycles. The number of piperazine rings is 1. The Morgan fingerprint density at radius 3 is 2.31 bits per heavy atom. The second-order valence-electron chi connectivity index (χ2n) is 9.78. The first-order valence-corrected chi connectivity index (χ1v) is 11.8. The molecule has 0 radical (unpaired) electrons. The molecule has 2 aromatic carbocycles. The van der Waals surface area contributed by atoms with E-state index in [0.717, 1.165) is 36.5 Å². The van der Waals surface area contributed by atoms with Crippen LogP contribution < -0.4 is 5.32 Å². The number of benzene rings is 2. The second kappa shape index (κ2) is 9.99. The van der Waals surface area contributed by atoms with Crippen LogP contribution in [0.2, 0.25) is 0 Å². The summed E-state index contributed by atoms with van der Waals surface area (Å²) in [7, 11) is 2.21. The molecule has 1 aliphatic heterocycles. The minimum Gasteiger partial charge on any atom is -0.308 e. The van der Waals surface area contributed by atoms with Crippen LogP contribution in [0.3, 0.4) is 0 Å². The van der Waals surface area contributed by atoms with Crippen LogP contribution in [0.5, 0.6) is 0 Å². The van der Waals surface area contributed by atoms with Crippen LogP contribution in [0.4, 0.5) is 0 Å². The SMILES string of the molecule is Cc1ccc(-c2nn(-c3ccccc3)cc2CNC(C)(C)CCN2CCN(C)CC2)cc1. The van der Waals surface area contributed by atoms with Gasteiger partial charge in [0.25, 0.3) is 0 Å². The van der Waals surface area contributed by atoms with E-state index in [2.05, 4.69) is 97.7 Å². The highest BCUT2D eigenvalue weighted by Crippen LogP contribution is 2.25. The van der Waals surface area contributed by atoms with Crippen molar-refractivity contribution in [3.05, 3.63) is 71.9 Å². The van der Waals surface area contributed by atoms with Crippen LogP contribution in [-0.2, 0) is 6.54 Å². The predicted molar refractivity (Wildman–Crippen MR) is 133 cm³/mol. The van der Waals surface area contributed by atoms with Gasteiger partial charge in [0.15, 0.2) is 0 Å². The zero-order valence-corrected chi connectivity index (χ0v) is 20.0. The molecule has 1 fully saturated rings. The summed E-state index contributed by atoms with van der Waals surface area (Å²) >= 11 is 0. The fourth-order valence-corrected chi connectivity index (χ4v) is 4.14. The fraction of sp³-hybridized carbons (Fsp3) is 0.444. The van der Waals surface area contributed by atoms with E-state index in [4.69, 9.17) is 5.10 Å². The van der Waals surface area contributed by atoms with Crippen molar-refractivity contribution in [1.29, 1.82) is 0 Å². The molecule has 3 aromatic rings. The molecule has 32 heavy (non-hydrogen) atoms. The summed E-state index contributed by atoms with van der Waals surface area (Å²) in [6.45, 7) is 13.4. The van der Waals surface area contributed by atoms with Gasteiger partial charge in [0.1, 0.15) is 0 Å². The van der Waals surface area contributed by atoms with Gasteiger partial charge in [-0.1, -0.05) is 48.0 Å². The first-order valence-electron chi connectivity index (χ1n) is 11.8. The maximum absolute atomic E-state index is 4.97. The standard InChI is InChI=1S/C27H37N5/c1-22-10-12-23(13-11-22)26-24(21-32(29-26)25-8-6-5-7-9-25)20-28-27(2,3)14-15-31-18-16-30(4)17-19-31/h5-13,21,28H,14-20H2,1-4H3. The van der Waals surface area contributed by atoms with Gasteiger partial charge in [-0.25, -0.2) is 4.68 Å². The topological polar surface area (TPSA) is 36.3 Å². The van der Waals surface area contributed by atoms with Crippen molar-refractivity contribution in [2.24, 2.45) is 0 Å². The van der Waals surface area contributed by atoms with Crippen molar-refractivity contribution in [3.63, 3.8) is 0 Å². The van der Waals surface area contributed by atoms with Crippen LogP contribution in [0, 0.1) is 6.92 Å². The smallest absolute Gasteiger partial charge is 0.0972 e. The molecule has 170 valence electrons. The Kier molecular flexibility index (Phi) is 7.09. The minimum absolute atomic E-state index is 0.0583. The van der Waals surface area contributed by atoms with Crippen molar-refractivity contribution in [2.45, 2.75) is 39.3 Å². The van der Waals surface area contributed by atoms with Gasteiger partial charge in [-0.3, -0.25) is 0 Å². The number of likely N-dealkylation sites (N-methyl/N-ethyl adjacent to an activating group) is 1. The van der Waals surface area contributed by atoms with Gasteiger partial charge in [-0.15, -0.1) is 0 Å². The number of hydrogen-bond acceptors (Lipinski definition) is 4. The van der Waals surface area contributed by atoms with Crippen molar-refractivity contribution >= 4 is 0 Å². The minimum atomic E-state index is 0.0583. The van der Waals surface area contributed by atoms with Crippen LogP contribution in [0.15, 0.2) is 60.8 Å². The van der Waals surface area contributed by atoms with Crippen LogP contribution in [0.25, 0.3) is 16.9 Å². The van der Waals surface area contributed by atoms with E-state index in [1.54, 1.807) is 0 Å². The molecule has 1 aliphatic rings. The Bertz CT molecular complexity index is 983. The third-order valence-corrected chi connectivity index (χ3v) is 6.54. The lowest BCUT2D eigenvalue weighted by atomic mass is 9.99. The molecule has 1 saturated heterocycles. The largest absolute Gasteiger partial charge is 0.308 e. The predicted octanol–water partition coefficient (Wildman–Crippen LogP) is 4.35. The van der Waals surface area contributed by atoms with E-state index in [1.165, 1.54) is 37.3 Å². The number of aromatic nitrogens is 2. The molecule has 0 unspecified atom stereocenters. The zero-order valence-electron chi connectivity index (χ0n) is 20.0. The Morgan fingerprint density at radius 2 is 1.62 bits per heavy atom. The summed E-state index contributed by atoms with van der Waals surface area (Å²) in [4.78, 5) is 5.01. The van der Waals surface area contributed by atoms with Gasteiger partial charge < -0.3 is 15.1 Å². The summed E-state index contributed by atoms with van der Waals surface area (Å²) < 4.78 is 2.00. The molecular formula is C27H37N5. The van der Waals surface area contributed by atoms with Crippen LogP contribution >= 0.6 is 0 Å². The third-order valence-electron chi connectivity index (χ3n) is 6.54. The van der Waals surface area contributed by atoms with Crippen molar-refractivity contribution in [1.82, 2.24) is 24.9 Å². The Morgan fingerprint density at radius 1 is 0.938 bits per heavy atom. The van der Waals surface area contributed by atoms with E-state index < -0.39 is 0 Å². The van der Waals surface area contributed by atoms with Crippen LogP contribution in [-0.4, -0.2) is 64.9 Å². The van der Waals surface area contributed by atoms with E-state index in [1.807, 2.05) is 10.7 Å². The normalized spacial score (nSPS) is 15.9. The van der Waals surface area contributed by atoms with Gasteiger partial charge in [0.2, 0.25) is 0 Å². The molecule has 2 heterocycles. The number of nitrogens with one attached hydrogen (secondary N) is 1. The van der Waals surface area contributed by atoms with Gasteiger partial charge in [0.05, 0.1) is 11.4 Å². The van der Waals surface area contributed by atoms with Crippen LogP contribution in [0.1, 0.15) is 31.4 Å². The number of para-hydroxylation sites is 1. The molecule has 5 heteroatoms. The van der Waals surface area contributed by atoms with Crippen molar-refractivity contribution < 1.29 is 0 Å². The quantitative estimate of drug-likeness (QED) is 0.575. The highest BCUT2D eigenvalue weighted by atomic mass is 15.3. The van der Waals surface area contributed by atoms with E-state index in [9.17, 15) is 0 Å². The fourth-order valence-electron chi connectivity index (χ4n) is 4.14. The monoisotopic (exact) mass is 431 g/mol. The van der Waals surface area contributed by atoms with Crippen molar-refractivity contribution in [3.8, 4) is 16.9 Å². The third kappa shape index (κ3) is 5.85. The molecule has 4 rings (SSSR count). The molecule has 0 amide bonds. The van der Waals surface area contributed by atoms with E-state index in [-0.39, 0.29) is 5.54 Å². The summed E-state index contributed by atoms with van der Waals surface area (Å²) in [5.74, 6) is 0. The summed E-state index contributed by atoms with van der Waals surface area (Å²) in [5.41, 5.74) is 5.85. The number of nitrogens with zero attached hydrogens (tertiary/aromatic N) is 4. The molecule has 0 bridgehead atoms. The van der Waals surface area contributed by atoms with Gasteiger partial charge in [-0.2, -0.15) is 5.10 Å². The molecule has 0 aliphatic carbocycles. The number of aryl methyl sites for hydroxylation is 1. The molecule has 0 spiro atoms. The number of rotatable bonds is 8. The highest BCUT2D eigenvalue weighted by molar-refractivity contribution is 5.63.